The molecule has 0 saturated carbocycles. The van der Waals surface area contributed by atoms with E-state index in [-0.39, 0.29) is 12.1 Å². The van der Waals surface area contributed by atoms with E-state index in [1.165, 1.54) is 0 Å². The van der Waals surface area contributed by atoms with Crippen LogP contribution in [0.1, 0.15) is 6.92 Å². The van der Waals surface area contributed by atoms with E-state index in [9.17, 15) is 0 Å². The number of hydrogen-bond donors (Lipinski definition) is 2. The van der Waals surface area contributed by atoms with Gasteiger partial charge in [0.25, 0.3) is 0 Å². The zero-order valence-electron chi connectivity index (χ0n) is 8.07. The smallest absolute Gasteiger partial charge is 0.161 e. The van der Waals surface area contributed by atoms with E-state index in [4.69, 9.17) is 15.3 Å². The molecule has 0 aromatic heterocycles. The number of benzene rings is 1. The summed E-state index contributed by atoms with van der Waals surface area (Å²) >= 11 is 0. The van der Waals surface area contributed by atoms with Crippen molar-refractivity contribution >= 4 is 0 Å². The molecule has 0 unspecified atom stereocenters. The van der Waals surface area contributed by atoms with E-state index >= 15 is 0 Å². The van der Waals surface area contributed by atoms with E-state index in [0.29, 0.717) is 6.61 Å². The first kappa shape index (κ1) is 9.30. The van der Waals surface area contributed by atoms with Crippen LogP contribution in [0.2, 0.25) is 0 Å². The molecule has 1 aliphatic heterocycles. The van der Waals surface area contributed by atoms with Crippen molar-refractivity contribution in [2.75, 3.05) is 6.61 Å². The Morgan fingerprint density at radius 2 is 2.14 bits per heavy atom. The first-order chi connectivity index (χ1) is 6.81. The van der Waals surface area contributed by atoms with Crippen LogP contribution in [-0.2, 0) is 0 Å². The Hall–Kier alpha value is -1.26. The molecule has 1 aromatic rings. The van der Waals surface area contributed by atoms with Gasteiger partial charge in [-0.1, -0.05) is 12.1 Å². The number of nitrogens with one attached hydrogen (secondary N) is 1. The maximum atomic E-state index is 5.72. The zero-order valence-corrected chi connectivity index (χ0v) is 8.07. The molecule has 4 heteroatoms. The maximum absolute atomic E-state index is 5.72. The fourth-order valence-corrected chi connectivity index (χ4v) is 1.39. The molecule has 0 fully saturated rings. The topological polar surface area (TPSA) is 56.5 Å². The first-order valence-electron chi connectivity index (χ1n) is 4.66. The Kier molecular flexibility index (Phi) is 2.56. The lowest BCUT2D eigenvalue weighted by molar-refractivity contribution is 0.0668. The molecule has 0 saturated heterocycles. The largest absolute Gasteiger partial charge is 0.486 e. The Morgan fingerprint density at radius 1 is 1.43 bits per heavy atom. The molecule has 1 heterocycles. The normalized spacial score (nSPS) is 21.7. The molecular formula is C10H14N2O2. The van der Waals surface area contributed by atoms with Crippen LogP contribution < -0.4 is 20.7 Å². The SMILES string of the molecule is C[C@@H](NN)[C@@H]1COc2ccccc2O1. The molecule has 0 amide bonds. The van der Waals surface area contributed by atoms with Crippen LogP contribution in [0, 0.1) is 0 Å². The summed E-state index contributed by atoms with van der Waals surface area (Å²) < 4.78 is 11.3. The highest BCUT2D eigenvalue weighted by Crippen LogP contribution is 2.31. The van der Waals surface area contributed by atoms with Gasteiger partial charge in [0, 0.05) is 0 Å². The third-order valence-electron chi connectivity index (χ3n) is 2.35. The van der Waals surface area contributed by atoms with Gasteiger partial charge in [-0.2, -0.15) is 0 Å². The lowest BCUT2D eigenvalue weighted by Crippen LogP contribution is -2.48. The second-order valence-electron chi connectivity index (χ2n) is 3.37. The van der Waals surface area contributed by atoms with Crippen LogP contribution >= 0.6 is 0 Å². The molecule has 4 nitrogen and oxygen atoms in total. The summed E-state index contributed by atoms with van der Waals surface area (Å²) in [7, 11) is 0. The fraction of sp³-hybridized carbons (Fsp3) is 0.400. The number of fused-ring (bicyclic) bond motifs is 1. The molecule has 14 heavy (non-hydrogen) atoms. The quantitative estimate of drug-likeness (QED) is 0.537. The second kappa shape index (κ2) is 3.86. The summed E-state index contributed by atoms with van der Waals surface area (Å²) in [5, 5.41) is 0. The van der Waals surface area contributed by atoms with Crippen molar-refractivity contribution in [3.05, 3.63) is 24.3 Å². The van der Waals surface area contributed by atoms with Crippen molar-refractivity contribution in [2.45, 2.75) is 19.1 Å². The van der Waals surface area contributed by atoms with Crippen molar-refractivity contribution in [3.8, 4) is 11.5 Å². The number of hydrazine groups is 1. The summed E-state index contributed by atoms with van der Waals surface area (Å²) in [5.41, 5.74) is 2.66. The Bertz CT molecular complexity index is 317. The molecule has 1 aliphatic rings. The van der Waals surface area contributed by atoms with Crippen molar-refractivity contribution < 1.29 is 9.47 Å². The van der Waals surface area contributed by atoms with Gasteiger partial charge in [-0.15, -0.1) is 0 Å². The molecule has 0 aliphatic carbocycles. The molecule has 1 aromatic carbocycles. The van der Waals surface area contributed by atoms with E-state index in [1.54, 1.807) is 0 Å². The predicted octanol–water partition coefficient (Wildman–Crippen LogP) is 0.678. The highest BCUT2D eigenvalue weighted by molar-refractivity contribution is 5.40. The third kappa shape index (κ3) is 1.66. The minimum Gasteiger partial charge on any atom is -0.486 e. The minimum atomic E-state index is -0.0325. The van der Waals surface area contributed by atoms with Gasteiger partial charge < -0.3 is 9.47 Å². The Labute approximate surface area is 83.0 Å². The summed E-state index contributed by atoms with van der Waals surface area (Å²) in [6, 6.07) is 7.71. The molecule has 0 spiro atoms. The maximum Gasteiger partial charge on any atom is 0.161 e. The highest BCUT2D eigenvalue weighted by Gasteiger charge is 2.24. The van der Waals surface area contributed by atoms with Crippen molar-refractivity contribution in [1.82, 2.24) is 5.43 Å². The molecule has 0 radical (unpaired) electrons. The summed E-state index contributed by atoms with van der Waals surface area (Å²) in [5.74, 6) is 6.92. The number of rotatable bonds is 2. The zero-order chi connectivity index (χ0) is 9.97. The van der Waals surface area contributed by atoms with Gasteiger partial charge in [0.2, 0.25) is 0 Å². The predicted molar refractivity (Wildman–Crippen MR) is 53.1 cm³/mol. The van der Waals surface area contributed by atoms with Crippen molar-refractivity contribution in [1.29, 1.82) is 0 Å². The highest BCUT2D eigenvalue weighted by atomic mass is 16.6. The average molecular weight is 194 g/mol. The molecule has 2 atom stereocenters. The first-order valence-corrected chi connectivity index (χ1v) is 4.66. The van der Waals surface area contributed by atoms with Crippen LogP contribution in [-0.4, -0.2) is 18.8 Å². The van der Waals surface area contributed by atoms with Gasteiger partial charge in [-0.3, -0.25) is 11.3 Å². The second-order valence-corrected chi connectivity index (χ2v) is 3.37. The van der Waals surface area contributed by atoms with Crippen LogP contribution in [0.5, 0.6) is 11.5 Å². The monoisotopic (exact) mass is 194 g/mol. The van der Waals surface area contributed by atoms with Gasteiger partial charge in [-0.05, 0) is 19.1 Å². The number of ether oxygens (including phenoxy) is 2. The Balaban J connectivity index is 2.13. The standard InChI is InChI=1S/C10H14N2O2/c1-7(12-11)10-6-13-8-4-2-3-5-9(8)14-10/h2-5,7,10,12H,6,11H2,1H3/t7-,10+/m1/s1. The van der Waals surface area contributed by atoms with Crippen LogP contribution in [0.3, 0.4) is 0 Å². The average Bonchev–Trinajstić information content (AvgIpc) is 2.27. The minimum absolute atomic E-state index is 0.0325. The molecule has 76 valence electrons. The van der Waals surface area contributed by atoms with E-state index in [0.717, 1.165) is 11.5 Å². The van der Waals surface area contributed by atoms with Gasteiger partial charge >= 0.3 is 0 Å². The van der Waals surface area contributed by atoms with Gasteiger partial charge in [-0.25, -0.2) is 0 Å². The number of para-hydroxylation sites is 2. The summed E-state index contributed by atoms with van der Waals surface area (Å²) in [6.45, 7) is 2.49. The lowest BCUT2D eigenvalue weighted by Gasteiger charge is -2.29. The van der Waals surface area contributed by atoms with Crippen LogP contribution in [0.25, 0.3) is 0 Å². The van der Waals surface area contributed by atoms with E-state index in [2.05, 4.69) is 5.43 Å². The summed E-state index contributed by atoms with van der Waals surface area (Å²) in [4.78, 5) is 0. The van der Waals surface area contributed by atoms with Crippen molar-refractivity contribution in [3.63, 3.8) is 0 Å². The van der Waals surface area contributed by atoms with Crippen LogP contribution in [0.4, 0.5) is 0 Å². The molecular weight excluding hydrogens is 180 g/mol. The third-order valence-corrected chi connectivity index (χ3v) is 2.35. The van der Waals surface area contributed by atoms with Crippen molar-refractivity contribution in [2.24, 2.45) is 5.84 Å². The van der Waals surface area contributed by atoms with E-state index < -0.39 is 0 Å². The fourth-order valence-electron chi connectivity index (χ4n) is 1.39. The summed E-state index contributed by atoms with van der Waals surface area (Å²) in [6.07, 6.45) is -0.0325. The van der Waals surface area contributed by atoms with Gasteiger partial charge in [0.15, 0.2) is 11.5 Å². The molecule has 2 rings (SSSR count). The van der Waals surface area contributed by atoms with Gasteiger partial charge in [0.1, 0.15) is 12.7 Å². The molecule has 0 bridgehead atoms. The number of nitrogens with two attached hydrogens (primary N) is 1. The molecule has 3 N–H and O–H groups in total. The van der Waals surface area contributed by atoms with Crippen LogP contribution in [0.15, 0.2) is 24.3 Å². The lowest BCUT2D eigenvalue weighted by atomic mass is 10.2. The van der Waals surface area contributed by atoms with Gasteiger partial charge in [0.05, 0.1) is 6.04 Å². The Morgan fingerprint density at radius 3 is 2.86 bits per heavy atom. The number of hydrogen-bond acceptors (Lipinski definition) is 4. The van der Waals surface area contributed by atoms with E-state index in [1.807, 2.05) is 31.2 Å².